The van der Waals surface area contributed by atoms with Crippen molar-refractivity contribution in [3.05, 3.63) is 82.2 Å². The molecule has 0 aliphatic rings. The Morgan fingerprint density at radius 3 is 2.50 bits per heavy atom. The highest BCUT2D eigenvalue weighted by atomic mass is 16.5. The Morgan fingerprint density at radius 1 is 1.13 bits per heavy atom. The number of hydrogen-bond donors (Lipinski definition) is 2. The first-order chi connectivity index (χ1) is 14.4. The maximum absolute atomic E-state index is 12.9. The molecule has 30 heavy (non-hydrogen) atoms. The standard InChI is InChI=1S/C22H23N3O5.H2/c1-14(2)12-17(19(26)21-24-25-22(28)30-21)23-20(27)16-10-6-7-11-18(16)29-13-15-8-4-3-5-9-15;/h3-11,14,17H,12-13H2,1-2H3,(H,23,27)(H,25,28);1H. The molecule has 3 rings (SSSR count). The van der Waals surface area contributed by atoms with Crippen molar-refractivity contribution in [2.75, 3.05) is 0 Å². The lowest BCUT2D eigenvalue weighted by Gasteiger charge is -2.19. The number of carbonyl (C=O) groups is 2. The molecule has 0 spiro atoms. The normalized spacial score (nSPS) is 11.8. The molecule has 1 unspecified atom stereocenters. The molecular weight excluding hydrogens is 386 g/mol. The summed E-state index contributed by atoms with van der Waals surface area (Å²) in [6, 6.07) is 15.5. The zero-order valence-electron chi connectivity index (χ0n) is 16.8. The van der Waals surface area contributed by atoms with E-state index in [9.17, 15) is 14.4 Å². The molecule has 8 nitrogen and oxygen atoms in total. The second kappa shape index (κ2) is 9.69. The molecule has 0 aliphatic carbocycles. The van der Waals surface area contributed by atoms with Crippen LogP contribution in [0.5, 0.6) is 5.75 Å². The largest absolute Gasteiger partial charge is 0.488 e. The molecule has 0 aliphatic heterocycles. The van der Waals surface area contributed by atoms with Gasteiger partial charge in [0.25, 0.3) is 11.8 Å². The van der Waals surface area contributed by atoms with E-state index in [0.29, 0.717) is 24.3 Å². The van der Waals surface area contributed by atoms with E-state index >= 15 is 0 Å². The van der Waals surface area contributed by atoms with Crippen LogP contribution in [0.2, 0.25) is 0 Å². The minimum Gasteiger partial charge on any atom is -0.488 e. The zero-order valence-corrected chi connectivity index (χ0v) is 16.8. The third-order valence-electron chi connectivity index (χ3n) is 4.35. The van der Waals surface area contributed by atoms with Gasteiger partial charge >= 0.3 is 5.76 Å². The molecule has 0 bridgehead atoms. The molecule has 0 saturated carbocycles. The fourth-order valence-electron chi connectivity index (χ4n) is 2.94. The van der Waals surface area contributed by atoms with Gasteiger partial charge in [0, 0.05) is 1.43 Å². The molecule has 3 aromatic rings. The molecular formula is C22H25N3O5. The Balaban J connectivity index is 0.00000341. The molecule has 1 heterocycles. The van der Waals surface area contributed by atoms with Gasteiger partial charge in [-0.1, -0.05) is 56.3 Å². The maximum atomic E-state index is 12.9. The number of nitrogens with zero attached hydrogens (tertiary/aromatic N) is 1. The minimum atomic E-state index is -0.897. The highest BCUT2D eigenvalue weighted by Crippen LogP contribution is 2.20. The quantitative estimate of drug-likeness (QED) is 0.523. The number of rotatable bonds is 9. The summed E-state index contributed by atoms with van der Waals surface area (Å²) < 4.78 is 10.6. The van der Waals surface area contributed by atoms with E-state index in [0.717, 1.165) is 5.56 Å². The van der Waals surface area contributed by atoms with Crippen LogP contribution in [0.15, 0.2) is 63.8 Å². The van der Waals surface area contributed by atoms with Crippen LogP contribution in [0.1, 0.15) is 48.3 Å². The number of hydrogen-bond acceptors (Lipinski definition) is 6. The molecule has 0 radical (unpaired) electrons. The summed E-state index contributed by atoms with van der Waals surface area (Å²) in [5.74, 6) is -1.71. The summed E-state index contributed by atoms with van der Waals surface area (Å²) >= 11 is 0. The average Bonchev–Trinajstić information content (AvgIpc) is 3.18. The average molecular weight is 411 g/mol. The molecule has 0 fully saturated rings. The molecule has 0 saturated heterocycles. The molecule has 8 heteroatoms. The van der Waals surface area contributed by atoms with E-state index in [1.165, 1.54) is 0 Å². The number of Topliss-reactive ketones (excluding diaryl/α,β-unsaturated/α-hetero) is 1. The third kappa shape index (κ3) is 5.44. The fraction of sp³-hybridized carbons (Fsp3) is 0.273. The van der Waals surface area contributed by atoms with Gasteiger partial charge in [-0.2, -0.15) is 0 Å². The van der Waals surface area contributed by atoms with Crippen molar-refractivity contribution < 1.29 is 20.2 Å². The van der Waals surface area contributed by atoms with Gasteiger partial charge in [-0.3, -0.25) is 9.59 Å². The van der Waals surface area contributed by atoms with Gasteiger partial charge < -0.3 is 14.5 Å². The highest BCUT2D eigenvalue weighted by Gasteiger charge is 2.28. The molecule has 1 aromatic heterocycles. The lowest BCUT2D eigenvalue weighted by molar-refractivity contribution is 0.0822. The predicted molar refractivity (Wildman–Crippen MR) is 111 cm³/mol. The summed E-state index contributed by atoms with van der Waals surface area (Å²) in [5, 5.41) is 8.36. The van der Waals surface area contributed by atoms with Crippen LogP contribution in [0.25, 0.3) is 0 Å². The molecule has 158 valence electrons. The van der Waals surface area contributed by atoms with Crippen molar-refractivity contribution in [3.63, 3.8) is 0 Å². The number of benzene rings is 2. The van der Waals surface area contributed by atoms with E-state index in [4.69, 9.17) is 9.15 Å². The van der Waals surface area contributed by atoms with Crippen LogP contribution in [0.4, 0.5) is 0 Å². The van der Waals surface area contributed by atoms with Crippen LogP contribution in [-0.4, -0.2) is 27.9 Å². The Hall–Kier alpha value is -3.68. The number of amides is 1. The lowest BCUT2D eigenvalue weighted by atomic mass is 9.99. The number of para-hydroxylation sites is 1. The topological polar surface area (TPSA) is 114 Å². The smallest absolute Gasteiger partial charge is 0.434 e. The third-order valence-corrected chi connectivity index (χ3v) is 4.35. The van der Waals surface area contributed by atoms with Crippen LogP contribution in [0, 0.1) is 5.92 Å². The first kappa shape index (κ1) is 21.0. The second-order valence-corrected chi connectivity index (χ2v) is 7.21. The fourth-order valence-corrected chi connectivity index (χ4v) is 2.94. The van der Waals surface area contributed by atoms with Crippen molar-refractivity contribution in [2.24, 2.45) is 5.92 Å². The van der Waals surface area contributed by atoms with E-state index in [1.807, 2.05) is 44.2 Å². The number of ketones is 1. The predicted octanol–water partition coefficient (Wildman–Crippen LogP) is 3.22. The van der Waals surface area contributed by atoms with Crippen molar-refractivity contribution in [1.29, 1.82) is 0 Å². The van der Waals surface area contributed by atoms with Crippen LogP contribution < -0.4 is 15.8 Å². The summed E-state index contributed by atoms with van der Waals surface area (Å²) in [6.07, 6.45) is 0.355. The second-order valence-electron chi connectivity index (χ2n) is 7.21. The molecule has 2 aromatic carbocycles. The van der Waals surface area contributed by atoms with Crippen molar-refractivity contribution in [2.45, 2.75) is 32.9 Å². The van der Waals surface area contributed by atoms with Gasteiger partial charge in [-0.15, -0.1) is 5.10 Å². The van der Waals surface area contributed by atoms with Gasteiger partial charge in [0.1, 0.15) is 12.4 Å². The van der Waals surface area contributed by atoms with Gasteiger partial charge in [-0.05, 0) is 30.0 Å². The van der Waals surface area contributed by atoms with Gasteiger partial charge in [0.05, 0.1) is 11.6 Å². The number of ether oxygens (including phenoxy) is 1. The monoisotopic (exact) mass is 411 g/mol. The Morgan fingerprint density at radius 2 is 1.83 bits per heavy atom. The van der Waals surface area contributed by atoms with Gasteiger partial charge in [0.15, 0.2) is 0 Å². The highest BCUT2D eigenvalue weighted by molar-refractivity contribution is 6.03. The number of H-pyrrole nitrogens is 1. The van der Waals surface area contributed by atoms with E-state index < -0.39 is 23.5 Å². The Labute approximate surface area is 174 Å². The van der Waals surface area contributed by atoms with Gasteiger partial charge in [-0.25, -0.2) is 9.89 Å². The van der Waals surface area contributed by atoms with Crippen LogP contribution in [-0.2, 0) is 6.61 Å². The van der Waals surface area contributed by atoms with Crippen molar-refractivity contribution >= 4 is 11.7 Å². The minimum absolute atomic E-state index is 0. The maximum Gasteiger partial charge on any atom is 0.434 e. The number of aromatic nitrogens is 2. The number of aromatic amines is 1. The summed E-state index contributed by atoms with van der Waals surface area (Å²) in [5.41, 5.74) is 1.27. The zero-order chi connectivity index (χ0) is 21.5. The van der Waals surface area contributed by atoms with E-state index in [-0.39, 0.29) is 13.2 Å². The summed E-state index contributed by atoms with van der Waals surface area (Å²) in [4.78, 5) is 36.8. The SMILES string of the molecule is CC(C)CC(NC(=O)c1ccccc1OCc1ccccc1)C(=O)c1n[nH]c(=O)o1.[HH]. The summed E-state index contributed by atoms with van der Waals surface area (Å²) in [6.45, 7) is 4.14. The van der Waals surface area contributed by atoms with Gasteiger partial charge in [0.2, 0.25) is 5.78 Å². The molecule has 1 atom stereocenters. The Kier molecular flexibility index (Phi) is 6.79. The first-order valence-corrected chi connectivity index (χ1v) is 9.60. The van der Waals surface area contributed by atoms with E-state index in [2.05, 4.69) is 15.5 Å². The summed E-state index contributed by atoms with van der Waals surface area (Å²) in [7, 11) is 0. The number of nitrogens with one attached hydrogen (secondary N) is 2. The van der Waals surface area contributed by atoms with E-state index in [1.54, 1.807) is 24.3 Å². The Bertz CT molecular complexity index is 1060. The van der Waals surface area contributed by atoms with Crippen LogP contribution in [0.3, 0.4) is 0 Å². The first-order valence-electron chi connectivity index (χ1n) is 9.60. The molecule has 1 amide bonds. The molecule has 2 N–H and O–H groups in total. The lowest BCUT2D eigenvalue weighted by Crippen LogP contribution is -2.42. The van der Waals surface area contributed by atoms with Crippen molar-refractivity contribution in [1.82, 2.24) is 15.5 Å². The van der Waals surface area contributed by atoms with Crippen LogP contribution >= 0.6 is 0 Å². The van der Waals surface area contributed by atoms with Crippen molar-refractivity contribution in [3.8, 4) is 5.75 Å². The number of carbonyl (C=O) groups excluding carboxylic acids is 2.